The van der Waals surface area contributed by atoms with Gasteiger partial charge in [-0.3, -0.25) is 4.79 Å². The van der Waals surface area contributed by atoms with Gasteiger partial charge in [-0.15, -0.1) is 0 Å². The molecule has 1 aromatic rings. The number of hydrogen-bond donors (Lipinski definition) is 2. The summed E-state index contributed by atoms with van der Waals surface area (Å²) < 4.78 is 37.2. The van der Waals surface area contributed by atoms with Crippen LogP contribution in [0.4, 0.5) is 13.2 Å². The Labute approximate surface area is 115 Å². The van der Waals surface area contributed by atoms with Crippen molar-refractivity contribution in [2.45, 2.75) is 26.4 Å². The SMILES string of the molecule is CC(C)(CCO)CNC(=O)c1ccc(C(F)(F)F)cc1. The van der Waals surface area contributed by atoms with Crippen LogP contribution in [0.3, 0.4) is 0 Å². The van der Waals surface area contributed by atoms with Crippen LogP contribution in [0.25, 0.3) is 0 Å². The topological polar surface area (TPSA) is 49.3 Å². The second-order valence-electron chi connectivity index (χ2n) is 5.40. The smallest absolute Gasteiger partial charge is 0.396 e. The molecule has 0 radical (unpaired) electrons. The van der Waals surface area contributed by atoms with E-state index in [4.69, 9.17) is 5.11 Å². The normalized spacial score (nSPS) is 12.3. The number of carbonyl (C=O) groups is 1. The highest BCUT2D eigenvalue weighted by Crippen LogP contribution is 2.29. The molecule has 0 aliphatic heterocycles. The molecule has 0 atom stereocenters. The van der Waals surface area contributed by atoms with E-state index in [-0.39, 0.29) is 17.6 Å². The number of halogens is 3. The molecular formula is C14H18F3NO2. The maximum atomic E-state index is 12.4. The van der Waals surface area contributed by atoms with Crippen molar-refractivity contribution < 1.29 is 23.1 Å². The van der Waals surface area contributed by atoms with Crippen LogP contribution >= 0.6 is 0 Å². The summed E-state index contributed by atoms with van der Waals surface area (Å²) in [5, 5.41) is 11.5. The highest BCUT2D eigenvalue weighted by molar-refractivity contribution is 5.94. The molecule has 0 aliphatic carbocycles. The first-order valence-corrected chi connectivity index (χ1v) is 6.22. The highest BCUT2D eigenvalue weighted by atomic mass is 19.4. The third-order valence-electron chi connectivity index (χ3n) is 2.99. The second-order valence-corrected chi connectivity index (χ2v) is 5.40. The summed E-state index contributed by atoms with van der Waals surface area (Å²) in [5.41, 5.74) is -0.872. The molecule has 1 aromatic carbocycles. The molecule has 3 nitrogen and oxygen atoms in total. The lowest BCUT2D eigenvalue weighted by atomic mass is 9.89. The van der Waals surface area contributed by atoms with Crippen molar-refractivity contribution >= 4 is 5.91 Å². The summed E-state index contributed by atoms with van der Waals surface area (Å²) in [6.07, 6.45) is -3.88. The fraction of sp³-hybridized carbons (Fsp3) is 0.500. The molecule has 0 spiro atoms. The number of hydrogen-bond acceptors (Lipinski definition) is 2. The summed E-state index contributed by atoms with van der Waals surface area (Å²) in [7, 11) is 0. The van der Waals surface area contributed by atoms with Gasteiger partial charge in [0.15, 0.2) is 0 Å². The van der Waals surface area contributed by atoms with Gasteiger partial charge >= 0.3 is 6.18 Å². The molecule has 20 heavy (non-hydrogen) atoms. The van der Waals surface area contributed by atoms with Gasteiger partial charge in [-0.05, 0) is 36.1 Å². The Morgan fingerprint density at radius 3 is 2.20 bits per heavy atom. The minimum atomic E-state index is -4.40. The van der Waals surface area contributed by atoms with E-state index in [1.165, 1.54) is 0 Å². The van der Waals surface area contributed by atoms with Gasteiger partial charge in [-0.2, -0.15) is 13.2 Å². The monoisotopic (exact) mass is 289 g/mol. The molecule has 2 N–H and O–H groups in total. The average molecular weight is 289 g/mol. The molecule has 0 saturated carbocycles. The Balaban J connectivity index is 2.65. The van der Waals surface area contributed by atoms with Gasteiger partial charge in [-0.1, -0.05) is 13.8 Å². The summed E-state index contributed by atoms with van der Waals surface area (Å²) in [4.78, 5) is 11.8. The van der Waals surface area contributed by atoms with Crippen molar-refractivity contribution in [1.82, 2.24) is 5.32 Å². The number of nitrogens with one attached hydrogen (secondary N) is 1. The lowest BCUT2D eigenvalue weighted by Gasteiger charge is -2.23. The summed E-state index contributed by atoms with van der Waals surface area (Å²) in [5.74, 6) is -0.426. The van der Waals surface area contributed by atoms with Crippen LogP contribution in [-0.2, 0) is 6.18 Å². The Hall–Kier alpha value is -1.56. The van der Waals surface area contributed by atoms with Gasteiger partial charge in [-0.25, -0.2) is 0 Å². The highest BCUT2D eigenvalue weighted by Gasteiger charge is 2.30. The van der Waals surface area contributed by atoms with Crippen LogP contribution in [0.15, 0.2) is 24.3 Å². The van der Waals surface area contributed by atoms with Gasteiger partial charge in [0.1, 0.15) is 0 Å². The van der Waals surface area contributed by atoms with Crippen molar-refractivity contribution in [3.63, 3.8) is 0 Å². The van der Waals surface area contributed by atoms with Crippen LogP contribution in [0, 0.1) is 5.41 Å². The summed E-state index contributed by atoms with van der Waals surface area (Å²) in [6.45, 7) is 4.13. The van der Waals surface area contributed by atoms with Gasteiger partial charge < -0.3 is 10.4 Å². The van der Waals surface area contributed by atoms with E-state index >= 15 is 0 Å². The van der Waals surface area contributed by atoms with E-state index in [1.54, 1.807) is 0 Å². The first-order valence-electron chi connectivity index (χ1n) is 6.22. The van der Waals surface area contributed by atoms with E-state index in [0.29, 0.717) is 13.0 Å². The lowest BCUT2D eigenvalue weighted by molar-refractivity contribution is -0.137. The van der Waals surface area contributed by atoms with Crippen LogP contribution in [-0.4, -0.2) is 24.2 Å². The molecule has 0 unspecified atom stereocenters. The lowest BCUT2D eigenvalue weighted by Crippen LogP contribution is -2.34. The third kappa shape index (κ3) is 4.85. The summed E-state index contributed by atoms with van der Waals surface area (Å²) >= 11 is 0. The Bertz CT molecular complexity index is 452. The van der Waals surface area contributed by atoms with Gasteiger partial charge in [0.25, 0.3) is 5.91 Å². The number of aliphatic hydroxyl groups excluding tert-OH is 1. The van der Waals surface area contributed by atoms with E-state index in [1.807, 2.05) is 13.8 Å². The molecule has 112 valence electrons. The molecule has 1 amide bonds. The second kappa shape index (κ2) is 6.26. The minimum Gasteiger partial charge on any atom is -0.396 e. The van der Waals surface area contributed by atoms with Crippen molar-refractivity contribution in [2.24, 2.45) is 5.41 Å². The molecule has 0 bridgehead atoms. The van der Waals surface area contributed by atoms with Crippen LogP contribution < -0.4 is 5.32 Å². The number of carbonyl (C=O) groups excluding carboxylic acids is 1. The van der Waals surface area contributed by atoms with Crippen molar-refractivity contribution in [3.8, 4) is 0 Å². The first kappa shape index (κ1) is 16.5. The maximum absolute atomic E-state index is 12.4. The summed E-state index contributed by atoms with van der Waals surface area (Å²) in [6, 6.07) is 4.07. The molecule has 0 saturated heterocycles. The fourth-order valence-corrected chi connectivity index (χ4v) is 1.62. The first-order chi connectivity index (χ1) is 9.15. The van der Waals surface area contributed by atoms with Crippen LogP contribution in [0.2, 0.25) is 0 Å². The number of benzene rings is 1. The Morgan fingerprint density at radius 2 is 1.75 bits per heavy atom. The standard InChI is InChI=1S/C14H18F3NO2/c1-13(2,7-8-19)9-18-12(20)10-3-5-11(6-4-10)14(15,16)17/h3-6,19H,7-9H2,1-2H3,(H,18,20). The zero-order valence-electron chi connectivity index (χ0n) is 11.4. The van der Waals surface area contributed by atoms with E-state index in [9.17, 15) is 18.0 Å². The van der Waals surface area contributed by atoms with Crippen molar-refractivity contribution in [3.05, 3.63) is 35.4 Å². The van der Waals surface area contributed by atoms with Crippen LogP contribution in [0.5, 0.6) is 0 Å². The molecule has 6 heteroatoms. The van der Waals surface area contributed by atoms with Gasteiger partial charge in [0.05, 0.1) is 5.56 Å². The van der Waals surface area contributed by atoms with Crippen molar-refractivity contribution in [2.75, 3.05) is 13.2 Å². The van der Waals surface area contributed by atoms with Crippen molar-refractivity contribution in [1.29, 1.82) is 0 Å². The van der Waals surface area contributed by atoms with Gasteiger partial charge in [0, 0.05) is 18.7 Å². The molecule has 0 fully saturated rings. The van der Waals surface area contributed by atoms with Gasteiger partial charge in [0.2, 0.25) is 0 Å². The zero-order valence-corrected chi connectivity index (χ0v) is 11.4. The van der Waals surface area contributed by atoms with E-state index in [2.05, 4.69) is 5.32 Å². The fourth-order valence-electron chi connectivity index (χ4n) is 1.62. The Morgan fingerprint density at radius 1 is 1.20 bits per heavy atom. The molecule has 0 heterocycles. The number of alkyl halides is 3. The van der Waals surface area contributed by atoms with E-state index < -0.39 is 17.6 Å². The molecular weight excluding hydrogens is 271 g/mol. The molecule has 0 aromatic heterocycles. The molecule has 1 rings (SSSR count). The number of aliphatic hydroxyl groups is 1. The quantitative estimate of drug-likeness (QED) is 0.875. The third-order valence-corrected chi connectivity index (χ3v) is 2.99. The maximum Gasteiger partial charge on any atom is 0.416 e. The predicted molar refractivity (Wildman–Crippen MR) is 69.3 cm³/mol. The average Bonchev–Trinajstić information content (AvgIpc) is 2.35. The van der Waals surface area contributed by atoms with Crippen LogP contribution in [0.1, 0.15) is 36.2 Å². The minimum absolute atomic E-state index is 0.0170. The predicted octanol–water partition coefficient (Wildman–Crippen LogP) is 2.84. The molecule has 0 aliphatic rings. The van der Waals surface area contributed by atoms with E-state index in [0.717, 1.165) is 24.3 Å². The number of amides is 1. The Kier molecular flexibility index (Phi) is 5.16. The zero-order chi connectivity index (χ0) is 15.4. The number of rotatable bonds is 5. The largest absolute Gasteiger partial charge is 0.416 e.